The first-order valence-electron chi connectivity index (χ1n) is 7.42. The van der Waals surface area contributed by atoms with Crippen LogP contribution >= 0.6 is 11.8 Å². The van der Waals surface area contributed by atoms with Crippen LogP contribution in [0.3, 0.4) is 0 Å². The van der Waals surface area contributed by atoms with E-state index in [0.717, 1.165) is 5.25 Å². The molecule has 0 aromatic heterocycles. The van der Waals surface area contributed by atoms with Crippen LogP contribution in [0.15, 0.2) is 29.2 Å². The summed E-state index contributed by atoms with van der Waals surface area (Å²) >= 11 is 2.09. The molecule has 1 aliphatic heterocycles. The zero-order chi connectivity index (χ0) is 12.2. The van der Waals surface area contributed by atoms with Gasteiger partial charge in [0.2, 0.25) is 0 Å². The molecule has 0 amide bonds. The maximum atomic E-state index is 3.62. The van der Waals surface area contributed by atoms with Gasteiger partial charge in [0, 0.05) is 16.2 Å². The molecule has 98 valence electrons. The van der Waals surface area contributed by atoms with Crippen molar-refractivity contribution in [2.24, 2.45) is 0 Å². The van der Waals surface area contributed by atoms with E-state index in [1.54, 1.807) is 0 Å². The minimum atomic E-state index is 0.601. The third kappa shape index (κ3) is 3.10. The highest BCUT2D eigenvalue weighted by atomic mass is 32.2. The zero-order valence-electron chi connectivity index (χ0n) is 11.0. The molecule has 0 bridgehead atoms. The molecular weight excluding hydrogens is 238 g/mol. The average molecular weight is 261 g/mol. The minimum Gasteiger partial charge on any atom is -0.310 e. The lowest BCUT2D eigenvalue weighted by molar-refractivity contribution is 0.412. The third-order valence-corrected chi connectivity index (χ3v) is 5.55. The van der Waals surface area contributed by atoms with Crippen molar-refractivity contribution in [1.29, 1.82) is 0 Å². The van der Waals surface area contributed by atoms with Gasteiger partial charge in [-0.3, -0.25) is 0 Å². The van der Waals surface area contributed by atoms with Crippen molar-refractivity contribution in [1.82, 2.24) is 5.32 Å². The number of hydrogen-bond donors (Lipinski definition) is 1. The van der Waals surface area contributed by atoms with E-state index in [0.29, 0.717) is 6.04 Å². The van der Waals surface area contributed by atoms with E-state index in [9.17, 15) is 0 Å². The Morgan fingerprint density at radius 2 is 1.61 bits per heavy atom. The molecule has 2 heteroatoms. The second-order valence-electron chi connectivity index (χ2n) is 5.60. The van der Waals surface area contributed by atoms with E-state index in [-0.39, 0.29) is 0 Å². The first-order valence-corrected chi connectivity index (χ1v) is 8.30. The van der Waals surface area contributed by atoms with Gasteiger partial charge in [-0.1, -0.05) is 31.4 Å². The fourth-order valence-corrected chi connectivity index (χ4v) is 4.36. The SMILES string of the molecule is c1cc(C2CCCCN2)ccc1SC1CCCC1. The molecule has 1 unspecified atom stereocenters. The summed E-state index contributed by atoms with van der Waals surface area (Å²) in [5, 5.41) is 4.50. The van der Waals surface area contributed by atoms with E-state index < -0.39 is 0 Å². The Bertz CT molecular complexity index is 361. The molecule has 1 saturated heterocycles. The van der Waals surface area contributed by atoms with Crippen LogP contribution in [0, 0.1) is 0 Å². The maximum Gasteiger partial charge on any atom is 0.0320 e. The van der Waals surface area contributed by atoms with Crippen LogP contribution in [0.4, 0.5) is 0 Å². The van der Waals surface area contributed by atoms with Crippen molar-refractivity contribution in [3.8, 4) is 0 Å². The molecule has 1 saturated carbocycles. The normalized spacial score (nSPS) is 25.4. The van der Waals surface area contributed by atoms with Crippen LogP contribution in [0.25, 0.3) is 0 Å². The van der Waals surface area contributed by atoms with Crippen molar-refractivity contribution in [3.05, 3.63) is 29.8 Å². The lowest BCUT2D eigenvalue weighted by Crippen LogP contribution is -2.26. The molecule has 1 N–H and O–H groups in total. The molecule has 2 fully saturated rings. The molecule has 1 aliphatic carbocycles. The summed E-state index contributed by atoms with van der Waals surface area (Å²) in [6, 6.07) is 9.92. The summed E-state index contributed by atoms with van der Waals surface area (Å²) in [6.45, 7) is 1.18. The third-order valence-electron chi connectivity index (χ3n) is 4.20. The standard InChI is InChI=1S/C16H23NS/c1-2-6-14(5-1)18-15-10-8-13(9-11-15)16-7-3-4-12-17-16/h8-11,14,16-17H,1-7,12H2. The van der Waals surface area contributed by atoms with Gasteiger partial charge in [0.25, 0.3) is 0 Å². The summed E-state index contributed by atoms with van der Waals surface area (Å²) in [5.41, 5.74) is 1.48. The lowest BCUT2D eigenvalue weighted by Gasteiger charge is -2.24. The molecule has 18 heavy (non-hydrogen) atoms. The van der Waals surface area contributed by atoms with Crippen LogP contribution in [0.2, 0.25) is 0 Å². The van der Waals surface area contributed by atoms with Crippen molar-refractivity contribution < 1.29 is 0 Å². The molecule has 0 radical (unpaired) electrons. The molecule has 1 aromatic carbocycles. The van der Waals surface area contributed by atoms with Crippen LogP contribution in [-0.4, -0.2) is 11.8 Å². The lowest BCUT2D eigenvalue weighted by atomic mass is 9.98. The molecule has 3 rings (SSSR count). The van der Waals surface area contributed by atoms with Crippen LogP contribution < -0.4 is 5.32 Å². The molecule has 1 heterocycles. The largest absolute Gasteiger partial charge is 0.310 e. The summed E-state index contributed by atoms with van der Waals surface area (Å²) in [5.74, 6) is 0. The molecule has 1 nitrogen and oxygen atoms in total. The fraction of sp³-hybridized carbons (Fsp3) is 0.625. The quantitative estimate of drug-likeness (QED) is 0.857. The molecule has 0 spiro atoms. The van der Waals surface area contributed by atoms with Gasteiger partial charge in [0.15, 0.2) is 0 Å². The highest BCUT2D eigenvalue weighted by Crippen LogP contribution is 2.35. The number of hydrogen-bond acceptors (Lipinski definition) is 2. The van der Waals surface area contributed by atoms with Crippen molar-refractivity contribution in [3.63, 3.8) is 0 Å². The number of thioether (sulfide) groups is 1. The van der Waals surface area contributed by atoms with Gasteiger partial charge in [0.1, 0.15) is 0 Å². The topological polar surface area (TPSA) is 12.0 Å². The smallest absolute Gasteiger partial charge is 0.0320 e. The van der Waals surface area contributed by atoms with E-state index in [1.807, 2.05) is 0 Å². The van der Waals surface area contributed by atoms with Crippen LogP contribution in [-0.2, 0) is 0 Å². The van der Waals surface area contributed by atoms with Crippen molar-refractivity contribution in [2.45, 2.75) is 61.1 Å². The Balaban J connectivity index is 1.60. The van der Waals surface area contributed by atoms with Gasteiger partial charge < -0.3 is 5.32 Å². The summed E-state index contributed by atoms with van der Waals surface area (Å²) < 4.78 is 0. The maximum absolute atomic E-state index is 3.62. The highest BCUT2D eigenvalue weighted by Gasteiger charge is 2.17. The Hall–Kier alpha value is -0.470. The Morgan fingerprint density at radius 1 is 0.889 bits per heavy atom. The van der Waals surface area contributed by atoms with Gasteiger partial charge in [-0.2, -0.15) is 0 Å². The highest BCUT2D eigenvalue weighted by molar-refractivity contribution is 8.00. The predicted octanol–water partition coefficient (Wildman–Crippen LogP) is 4.54. The van der Waals surface area contributed by atoms with Crippen molar-refractivity contribution >= 4 is 11.8 Å². The number of rotatable bonds is 3. The molecular formula is C16H23NS. The second-order valence-corrected chi connectivity index (χ2v) is 6.97. The number of nitrogens with one attached hydrogen (secondary N) is 1. The summed E-state index contributed by atoms with van der Waals surface area (Å²) in [6.07, 6.45) is 9.70. The van der Waals surface area contributed by atoms with E-state index >= 15 is 0 Å². The average Bonchev–Trinajstić information content (AvgIpc) is 2.94. The number of benzene rings is 1. The van der Waals surface area contributed by atoms with Gasteiger partial charge in [-0.05, 0) is 49.9 Å². The monoisotopic (exact) mass is 261 g/mol. The molecule has 1 aromatic rings. The fourth-order valence-electron chi connectivity index (χ4n) is 3.11. The molecule has 2 aliphatic rings. The van der Waals surface area contributed by atoms with E-state index in [4.69, 9.17) is 0 Å². The van der Waals surface area contributed by atoms with Gasteiger partial charge >= 0.3 is 0 Å². The second kappa shape index (κ2) is 6.12. The predicted molar refractivity (Wildman–Crippen MR) is 79.1 cm³/mol. The zero-order valence-corrected chi connectivity index (χ0v) is 11.8. The first kappa shape index (κ1) is 12.6. The van der Waals surface area contributed by atoms with Crippen LogP contribution in [0.5, 0.6) is 0 Å². The van der Waals surface area contributed by atoms with Crippen LogP contribution in [0.1, 0.15) is 56.6 Å². The first-order chi connectivity index (χ1) is 8.92. The van der Waals surface area contributed by atoms with Gasteiger partial charge in [0.05, 0.1) is 0 Å². The van der Waals surface area contributed by atoms with E-state index in [2.05, 4.69) is 41.3 Å². The molecule has 1 atom stereocenters. The minimum absolute atomic E-state index is 0.601. The van der Waals surface area contributed by atoms with Crippen molar-refractivity contribution in [2.75, 3.05) is 6.54 Å². The Kier molecular flexibility index (Phi) is 4.27. The van der Waals surface area contributed by atoms with E-state index in [1.165, 1.54) is 61.9 Å². The summed E-state index contributed by atoms with van der Waals surface area (Å²) in [7, 11) is 0. The Labute approximate surface area is 115 Å². The number of piperidine rings is 1. The summed E-state index contributed by atoms with van der Waals surface area (Å²) in [4.78, 5) is 1.46. The van der Waals surface area contributed by atoms with Gasteiger partial charge in [-0.25, -0.2) is 0 Å². The Morgan fingerprint density at radius 3 is 2.28 bits per heavy atom. The van der Waals surface area contributed by atoms with Gasteiger partial charge in [-0.15, -0.1) is 11.8 Å².